The fourth-order valence-corrected chi connectivity index (χ4v) is 2.25. The van der Waals surface area contributed by atoms with Gasteiger partial charge in [-0.3, -0.25) is 4.79 Å². The number of hydrogen-bond donors (Lipinski definition) is 1. The smallest absolute Gasteiger partial charge is 0.250 e. The minimum Gasteiger partial charge on any atom is -0.366 e. The molecule has 0 unspecified atom stereocenters. The molecule has 0 saturated carbocycles. The number of nitrogens with zero attached hydrogens (tertiary/aromatic N) is 1. The molecule has 1 aromatic carbocycles. The van der Waals surface area contributed by atoms with Crippen LogP contribution in [0, 0.1) is 20.8 Å². The van der Waals surface area contributed by atoms with E-state index in [0.717, 1.165) is 17.9 Å². The van der Waals surface area contributed by atoms with Crippen molar-refractivity contribution in [2.24, 2.45) is 5.73 Å². The summed E-state index contributed by atoms with van der Waals surface area (Å²) in [5, 5.41) is 0. The van der Waals surface area contributed by atoms with Crippen LogP contribution in [0.5, 0.6) is 0 Å². The molecule has 1 heterocycles. The summed E-state index contributed by atoms with van der Waals surface area (Å²) in [6.07, 6.45) is 0. The van der Waals surface area contributed by atoms with Gasteiger partial charge in [0.15, 0.2) is 0 Å². The van der Waals surface area contributed by atoms with Crippen molar-refractivity contribution >= 4 is 5.91 Å². The maximum Gasteiger partial charge on any atom is 0.250 e. The van der Waals surface area contributed by atoms with E-state index in [0.29, 0.717) is 5.56 Å². The van der Waals surface area contributed by atoms with E-state index < -0.39 is 0 Å². The van der Waals surface area contributed by atoms with Gasteiger partial charge in [-0.25, -0.2) is 0 Å². The van der Waals surface area contributed by atoms with Crippen LogP contribution in [0.2, 0.25) is 0 Å². The van der Waals surface area contributed by atoms with Gasteiger partial charge in [0.1, 0.15) is 0 Å². The fourth-order valence-electron chi connectivity index (χ4n) is 2.25. The average Bonchev–Trinajstić information content (AvgIpc) is 2.60. The quantitative estimate of drug-likeness (QED) is 0.883. The van der Waals surface area contributed by atoms with Gasteiger partial charge in [0.2, 0.25) is 0 Å². The molecule has 0 bridgehead atoms. The van der Waals surface area contributed by atoms with Gasteiger partial charge in [0.05, 0.1) is 5.56 Å². The summed E-state index contributed by atoms with van der Waals surface area (Å²) < 4.78 is 2.13. The Kier molecular flexibility index (Phi) is 3.24. The third-order valence-electron chi connectivity index (χ3n) is 3.43. The molecule has 1 aromatic heterocycles. The number of amides is 1. The average molecular weight is 242 g/mol. The molecule has 2 N–H and O–H groups in total. The normalized spacial score (nSPS) is 10.6. The highest BCUT2D eigenvalue weighted by Gasteiger charge is 2.13. The minimum atomic E-state index is -0.362. The number of carbonyl (C=O) groups is 1. The zero-order valence-corrected chi connectivity index (χ0v) is 11.0. The highest BCUT2D eigenvalue weighted by Crippen LogP contribution is 2.18. The second-order valence-corrected chi connectivity index (χ2v) is 4.66. The molecular formula is C15H18N2O. The Morgan fingerprint density at radius 1 is 1.22 bits per heavy atom. The molecular weight excluding hydrogens is 224 g/mol. The monoisotopic (exact) mass is 242 g/mol. The van der Waals surface area contributed by atoms with Crippen LogP contribution in [0.15, 0.2) is 30.3 Å². The number of nitrogens with two attached hydrogens (primary N) is 1. The number of benzene rings is 1. The number of carbonyl (C=O) groups excluding carboxylic acids is 1. The number of primary amides is 1. The van der Waals surface area contributed by atoms with E-state index in [4.69, 9.17) is 5.73 Å². The summed E-state index contributed by atoms with van der Waals surface area (Å²) in [5.74, 6) is -0.362. The predicted octanol–water partition coefficient (Wildman–Crippen LogP) is 2.56. The zero-order valence-electron chi connectivity index (χ0n) is 11.0. The SMILES string of the molecule is Cc1ccccc1Cn1c(C)cc(C(N)=O)c1C. The van der Waals surface area contributed by atoms with Crippen LogP contribution in [0.3, 0.4) is 0 Å². The maximum atomic E-state index is 11.3. The van der Waals surface area contributed by atoms with Crippen molar-refractivity contribution in [3.05, 3.63) is 58.4 Å². The molecule has 0 spiro atoms. The topological polar surface area (TPSA) is 48.0 Å². The van der Waals surface area contributed by atoms with Crippen LogP contribution in [0.4, 0.5) is 0 Å². The summed E-state index contributed by atoms with van der Waals surface area (Å²) in [4.78, 5) is 11.3. The summed E-state index contributed by atoms with van der Waals surface area (Å²) >= 11 is 0. The van der Waals surface area contributed by atoms with E-state index in [1.807, 2.05) is 32.0 Å². The summed E-state index contributed by atoms with van der Waals surface area (Å²) in [5.41, 5.74) is 10.5. The molecule has 0 aliphatic rings. The lowest BCUT2D eigenvalue weighted by atomic mass is 10.1. The first kappa shape index (κ1) is 12.4. The third kappa shape index (κ3) is 2.16. The van der Waals surface area contributed by atoms with Crippen LogP contribution in [-0.4, -0.2) is 10.5 Å². The summed E-state index contributed by atoms with van der Waals surface area (Å²) in [6, 6.07) is 10.1. The van der Waals surface area contributed by atoms with Gasteiger partial charge in [-0.05, 0) is 38.0 Å². The van der Waals surface area contributed by atoms with E-state index in [1.54, 1.807) is 0 Å². The minimum absolute atomic E-state index is 0.362. The van der Waals surface area contributed by atoms with Gasteiger partial charge < -0.3 is 10.3 Å². The predicted molar refractivity (Wildman–Crippen MR) is 72.7 cm³/mol. The fraction of sp³-hybridized carbons (Fsp3) is 0.267. The van der Waals surface area contributed by atoms with E-state index in [-0.39, 0.29) is 5.91 Å². The molecule has 18 heavy (non-hydrogen) atoms. The Morgan fingerprint density at radius 3 is 2.44 bits per heavy atom. The second-order valence-electron chi connectivity index (χ2n) is 4.66. The molecule has 0 atom stereocenters. The number of hydrogen-bond acceptors (Lipinski definition) is 1. The van der Waals surface area contributed by atoms with Gasteiger partial charge in [-0.15, -0.1) is 0 Å². The van der Waals surface area contributed by atoms with Crippen LogP contribution in [0.25, 0.3) is 0 Å². The van der Waals surface area contributed by atoms with Crippen molar-refractivity contribution in [2.45, 2.75) is 27.3 Å². The first-order chi connectivity index (χ1) is 8.50. The van der Waals surface area contributed by atoms with Crippen molar-refractivity contribution in [1.29, 1.82) is 0 Å². The standard InChI is InChI=1S/C15H18N2O/c1-10-6-4-5-7-13(10)9-17-11(2)8-14(12(17)3)15(16)18/h4-8H,9H2,1-3H3,(H2,16,18). The van der Waals surface area contributed by atoms with Gasteiger partial charge in [-0.2, -0.15) is 0 Å². The lowest BCUT2D eigenvalue weighted by molar-refractivity contribution is 0.0999. The molecule has 0 saturated heterocycles. The highest BCUT2D eigenvalue weighted by atomic mass is 16.1. The van der Waals surface area contributed by atoms with E-state index >= 15 is 0 Å². The van der Waals surface area contributed by atoms with Crippen LogP contribution < -0.4 is 5.73 Å². The zero-order chi connectivity index (χ0) is 13.3. The van der Waals surface area contributed by atoms with Crippen LogP contribution >= 0.6 is 0 Å². The van der Waals surface area contributed by atoms with Crippen LogP contribution in [0.1, 0.15) is 32.9 Å². The molecule has 0 aliphatic heterocycles. The molecule has 2 aromatic rings. The lowest BCUT2D eigenvalue weighted by Crippen LogP contribution is -2.13. The maximum absolute atomic E-state index is 11.3. The Hall–Kier alpha value is -2.03. The second kappa shape index (κ2) is 4.69. The number of rotatable bonds is 3. The Morgan fingerprint density at radius 2 is 1.89 bits per heavy atom. The third-order valence-corrected chi connectivity index (χ3v) is 3.43. The first-order valence-corrected chi connectivity index (χ1v) is 6.01. The van der Waals surface area contributed by atoms with Gasteiger partial charge in [-0.1, -0.05) is 24.3 Å². The summed E-state index contributed by atoms with van der Waals surface area (Å²) in [7, 11) is 0. The van der Waals surface area contributed by atoms with E-state index in [9.17, 15) is 4.79 Å². The van der Waals surface area contributed by atoms with E-state index in [1.165, 1.54) is 11.1 Å². The number of aromatic nitrogens is 1. The largest absolute Gasteiger partial charge is 0.366 e. The Labute approximate surface area is 107 Å². The highest BCUT2D eigenvalue weighted by molar-refractivity contribution is 5.94. The number of aryl methyl sites for hydroxylation is 2. The van der Waals surface area contributed by atoms with Crippen molar-refractivity contribution < 1.29 is 4.79 Å². The molecule has 2 rings (SSSR count). The van der Waals surface area contributed by atoms with Gasteiger partial charge in [0.25, 0.3) is 5.91 Å². The molecule has 0 aliphatic carbocycles. The Balaban J connectivity index is 2.41. The van der Waals surface area contributed by atoms with Gasteiger partial charge >= 0.3 is 0 Å². The molecule has 94 valence electrons. The van der Waals surface area contributed by atoms with Gasteiger partial charge in [0, 0.05) is 17.9 Å². The van der Waals surface area contributed by atoms with Crippen LogP contribution in [-0.2, 0) is 6.54 Å². The molecule has 3 nitrogen and oxygen atoms in total. The molecule has 1 amide bonds. The van der Waals surface area contributed by atoms with Crippen molar-refractivity contribution in [2.75, 3.05) is 0 Å². The first-order valence-electron chi connectivity index (χ1n) is 6.01. The molecule has 0 radical (unpaired) electrons. The van der Waals surface area contributed by atoms with Crippen molar-refractivity contribution in [3.63, 3.8) is 0 Å². The molecule has 3 heteroatoms. The Bertz CT molecular complexity index is 597. The summed E-state index contributed by atoms with van der Waals surface area (Å²) in [6.45, 7) is 6.80. The van der Waals surface area contributed by atoms with Crippen molar-refractivity contribution in [1.82, 2.24) is 4.57 Å². The molecule has 0 fully saturated rings. The lowest BCUT2D eigenvalue weighted by Gasteiger charge is -2.11. The van der Waals surface area contributed by atoms with Crippen molar-refractivity contribution in [3.8, 4) is 0 Å². The van der Waals surface area contributed by atoms with E-state index in [2.05, 4.69) is 23.6 Å².